The molecule has 0 aliphatic heterocycles. The number of aliphatic hydroxyl groups excluding tert-OH is 1. The van der Waals surface area contributed by atoms with Crippen molar-refractivity contribution in [2.75, 3.05) is 12.4 Å². The van der Waals surface area contributed by atoms with Crippen LogP contribution in [-0.4, -0.2) is 34.9 Å². The number of hydrogen-bond acceptors (Lipinski definition) is 3. The Bertz CT molecular complexity index is 124. The van der Waals surface area contributed by atoms with Crippen LogP contribution in [0, 0.1) is 0 Å². The van der Waals surface area contributed by atoms with Gasteiger partial charge in [-0.25, -0.2) is 0 Å². The first kappa shape index (κ1) is 14.3. The summed E-state index contributed by atoms with van der Waals surface area (Å²) in [4.78, 5) is 0. The molecule has 14 heavy (non-hydrogen) atoms. The van der Waals surface area contributed by atoms with Gasteiger partial charge in [-0.1, -0.05) is 13.8 Å². The predicted octanol–water partition coefficient (Wildman–Crippen LogP) is 2.69. The smallest absolute Gasteiger partial charge is 0.0864 e. The predicted molar refractivity (Wildman–Crippen MR) is 63.9 cm³/mol. The highest BCUT2D eigenvalue weighted by Crippen LogP contribution is 2.18. The number of rotatable bonds is 8. The van der Waals surface area contributed by atoms with Crippen molar-refractivity contribution >= 4 is 11.8 Å². The van der Waals surface area contributed by atoms with Crippen molar-refractivity contribution < 1.29 is 9.84 Å². The van der Waals surface area contributed by atoms with Crippen LogP contribution in [0.4, 0.5) is 0 Å². The van der Waals surface area contributed by atoms with Crippen molar-refractivity contribution in [2.24, 2.45) is 0 Å². The summed E-state index contributed by atoms with van der Waals surface area (Å²) in [5, 5.41) is 10.3. The second-order valence-electron chi connectivity index (χ2n) is 3.81. The van der Waals surface area contributed by atoms with Gasteiger partial charge < -0.3 is 9.84 Å². The lowest BCUT2D eigenvalue weighted by Gasteiger charge is -2.16. The molecule has 0 aromatic heterocycles. The molecule has 3 heteroatoms. The fraction of sp³-hybridized carbons (Fsp3) is 1.00. The Labute approximate surface area is 92.4 Å². The van der Waals surface area contributed by atoms with E-state index in [2.05, 4.69) is 13.8 Å². The maximum atomic E-state index is 9.59. The van der Waals surface area contributed by atoms with Gasteiger partial charge in [0.1, 0.15) is 0 Å². The van der Waals surface area contributed by atoms with Gasteiger partial charge in [-0.2, -0.15) is 11.8 Å². The molecule has 0 radical (unpaired) electrons. The molecule has 0 amide bonds. The van der Waals surface area contributed by atoms with Crippen molar-refractivity contribution in [3.8, 4) is 0 Å². The first-order chi connectivity index (χ1) is 6.60. The van der Waals surface area contributed by atoms with Crippen LogP contribution in [0.3, 0.4) is 0 Å². The molecule has 0 bridgehead atoms. The normalized spacial score (nSPS) is 13.9. The molecule has 86 valence electrons. The van der Waals surface area contributed by atoms with Crippen LogP contribution in [0.2, 0.25) is 0 Å². The van der Waals surface area contributed by atoms with Crippen molar-refractivity contribution in [2.45, 2.75) is 58.0 Å². The number of ether oxygens (including phenoxy) is 1. The van der Waals surface area contributed by atoms with E-state index in [0.29, 0.717) is 11.9 Å². The van der Waals surface area contributed by atoms with E-state index in [-0.39, 0.29) is 12.2 Å². The van der Waals surface area contributed by atoms with E-state index in [9.17, 15) is 5.11 Å². The van der Waals surface area contributed by atoms with Crippen LogP contribution in [0.1, 0.15) is 40.5 Å². The molecule has 0 aromatic carbocycles. The summed E-state index contributed by atoms with van der Waals surface area (Å²) in [6.07, 6.45) is 2.25. The molecule has 2 nitrogen and oxygen atoms in total. The quantitative estimate of drug-likeness (QED) is 0.682. The van der Waals surface area contributed by atoms with Crippen LogP contribution in [0.5, 0.6) is 0 Å². The van der Waals surface area contributed by atoms with Gasteiger partial charge in [0.2, 0.25) is 0 Å². The summed E-state index contributed by atoms with van der Waals surface area (Å²) in [6.45, 7) is 8.82. The van der Waals surface area contributed by atoms with Crippen molar-refractivity contribution in [3.63, 3.8) is 0 Å². The zero-order valence-electron chi connectivity index (χ0n) is 9.82. The van der Waals surface area contributed by atoms with E-state index in [0.717, 1.165) is 5.75 Å². The molecule has 0 rings (SSSR count). The van der Waals surface area contributed by atoms with Crippen LogP contribution >= 0.6 is 11.8 Å². The fourth-order valence-electron chi connectivity index (χ4n) is 1.12. The first-order valence-corrected chi connectivity index (χ1v) is 6.56. The second-order valence-corrected chi connectivity index (χ2v) is 5.14. The second kappa shape index (κ2) is 8.57. The van der Waals surface area contributed by atoms with Crippen molar-refractivity contribution in [1.82, 2.24) is 0 Å². The molecule has 0 fully saturated rings. The Morgan fingerprint density at radius 3 is 2.21 bits per heavy atom. The minimum atomic E-state index is -0.317. The average Bonchev–Trinajstić information content (AvgIpc) is 2.16. The summed E-state index contributed by atoms with van der Waals surface area (Å²) in [5.41, 5.74) is 0. The molecular weight excluding hydrogens is 196 g/mol. The van der Waals surface area contributed by atoms with Gasteiger partial charge in [0.05, 0.1) is 18.8 Å². The molecule has 0 saturated heterocycles. The Hall–Kier alpha value is 0.270. The highest BCUT2D eigenvalue weighted by molar-refractivity contribution is 7.99. The lowest BCUT2D eigenvalue weighted by atomic mass is 10.3. The Balaban J connectivity index is 3.46. The monoisotopic (exact) mass is 220 g/mol. The van der Waals surface area contributed by atoms with Crippen LogP contribution in [-0.2, 0) is 4.74 Å². The zero-order valence-corrected chi connectivity index (χ0v) is 10.6. The lowest BCUT2D eigenvalue weighted by Crippen LogP contribution is -2.21. The van der Waals surface area contributed by atoms with Gasteiger partial charge in [0.25, 0.3) is 0 Å². The molecule has 1 unspecified atom stereocenters. The van der Waals surface area contributed by atoms with Crippen LogP contribution in [0.15, 0.2) is 0 Å². The topological polar surface area (TPSA) is 29.5 Å². The van der Waals surface area contributed by atoms with Gasteiger partial charge >= 0.3 is 0 Å². The average molecular weight is 220 g/mol. The third-order valence-electron chi connectivity index (χ3n) is 2.06. The van der Waals surface area contributed by atoms with Gasteiger partial charge in [-0.05, 0) is 26.7 Å². The van der Waals surface area contributed by atoms with E-state index in [1.54, 1.807) is 0 Å². The molecule has 0 aliphatic rings. The number of aliphatic hydroxyl groups is 1. The van der Waals surface area contributed by atoms with E-state index in [1.165, 1.54) is 12.8 Å². The summed E-state index contributed by atoms with van der Waals surface area (Å²) in [6, 6.07) is 0. The third kappa shape index (κ3) is 7.65. The van der Waals surface area contributed by atoms with E-state index in [1.807, 2.05) is 25.6 Å². The van der Waals surface area contributed by atoms with Crippen molar-refractivity contribution in [3.05, 3.63) is 0 Å². The van der Waals surface area contributed by atoms with Gasteiger partial charge in [0.15, 0.2) is 0 Å². The highest BCUT2D eigenvalue weighted by atomic mass is 32.2. The van der Waals surface area contributed by atoms with Crippen molar-refractivity contribution in [1.29, 1.82) is 0 Å². The van der Waals surface area contributed by atoms with E-state index >= 15 is 0 Å². The molecule has 0 aromatic rings. The zero-order chi connectivity index (χ0) is 11.0. The van der Waals surface area contributed by atoms with E-state index < -0.39 is 0 Å². The van der Waals surface area contributed by atoms with Gasteiger partial charge in [-0.15, -0.1) is 0 Å². The standard InChI is InChI=1S/C11H24O2S/c1-5-11(6-2)14-8-10(12)7-13-9(3)4/h9-12H,5-8H2,1-4H3. The summed E-state index contributed by atoms with van der Waals surface area (Å²) in [7, 11) is 0. The third-order valence-corrected chi connectivity index (χ3v) is 3.77. The minimum absolute atomic E-state index is 0.211. The Morgan fingerprint density at radius 1 is 1.21 bits per heavy atom. The molecule has 1 N–H and O–H groups in total. The maximum Gasteiger partial charge on any atom is 0.0864 e. The van der Waals surface area contributed by atoms with E-state index in [4.69, 9.17) is 4.74 Å². The summed E-state index contributed by atoms with van der Waals surface area (Å²) in [5.74, 6) is 0.791. The lowest BCUT2D eigenvalue weighted by molar-refractivity contribution is 0.0152. The molecular formula is C11H24O2S. The fourth-order valence-corrected chi connectivity index (χ4v) is 2.19. The van der Waals surface area contributed by atoms with Gasteiger partial charge in [-0.3, -0.25) is 0 Å². The summed E-state index contributed by atoms with van der Waals surface area (Å²) >= 11 is 1.85. The molecule has 0 aliphatic carbocycles. The van der Waals surface area contributed by atoms with Gasteiger partial charge in [0, 0.05) is 11.0 Å². The molecule has 0 spiro atoms. The molecule has 1 atom stereocenters. The highest BCUT2D eigenvalue weighted by Gasteiger charge is 2.09. The number of hydrogen-bond donors (Lipinski definition) is 1. The Morgan fingerprint density at radius 2 is 1.79 bits per heavy atom. The first-order valence-electron chi connectivity index (χ1n) is 5.51. The Kier molecular flexibility index (Phi) is 8.73. The summed E-state index contributed by atoms with van der Waals surface area (Å²) < 4.78 is 5.34. The SMILES string of the molecule is CCC(CC)SCC(O)COC(C)C. The minimum Gasteiger partial charge on any atom is -0.390 e. The maximum absolute atomic E-state index is 9.59. The molecule has 0 heterocycles. The van der Waals surface area contributed by atoms with Crippen LogP contribution in [0.25, 0.3) is 0 Å². The van der Waals surface area contributed by atoms with Crippen LogP contribution < -0.4 is 0 Å². The molecule has 0 saturated carbocycles. The number of thioether (sulfide) groups is 1. The largest absolute Gasteiger partial charge is 0.390 e.